The molecule has 0 atom stereocenters. The van der Waals surface area contributed by atoms with Gasteiger partial charge < -0.3 is 10.2 Å². The third-order valence-corrected chi connectivity index (χ3v) is 3.82. The van der Waals surface area contributed by atoms with Crippen molar-refractivity contribution in [2.45, 2.75) is 39.5 Å². The largest absolute Gasteiger partial charge is 0.356 e. The van der Waals surface area contributed by atoms with Gasteiger partial charge >= 0.3 is 0 Å². The minimum absolute atomic E-state index is 0.248. The predicted molar refractivity (Wildman–Crippen MR) is 80.1 cm³/mol. The molecule has 1 amide bonds. The van der Waals surface area contributed by atoms with E-state index in [1.165, 1.54) is 0 Å². The quantitative estimate of drug-likeness (QED) is 0.904. The van der Waals surface area contributed by atoms with Crippen LogP contribution < -0.4 is 10.2 Å². The van der Waals surface area contributed by atoms with Gasteiger partial charge in [0.05, 0.1) is 6.54 Å². The Hall–Kier alpha value is -1.79. The van der Waals surface area contributed by atoms with Crippen LogP contribution in [-0.4, -0.2) is 41.9 Å². The maximum absolute atomic E-state index is 12.0. The molecule has 5 nitrogen and oxygen atoms in total. The van der Waals surface area contributed by atoms with Crippen LogP contribution in [-0.2, 0) is 4.79 Å². The van der Waals surface area contributed by atoms with Crippen molar-refractivity contribution in [2.75, 3.05) is 24.5 Å². The fraction of sp³-hybridized carbons (Fsp3) is 0.667. The maximum atomic E-state index is 12.0. The van der Waals surface area contributed by atoms with Gasteiger partial charge in [0.15, 0.2) is 0 Å². The molecule has 0 bridgehead atoms. The van der Waals surface area contributed by atoms with Crippen LogP contribution in [0.15, 0.2) is 6.07 Å². The van der Waals surface area contributed by atoms with Crippen molar-refractivity contribution in [2.24, 2.45) is 5.92 Å². The second kappa shape index (κ2) is 7.47. The van der Waals surface area contributed by atoms with Gasteiger partial charge in [0.1, 0.15) is 11.6 Å². The SMILES string of the molecule is Cc1cc(N2CCC(CC(=O)NCC(F)F)CC2)nc(C)n1. The van der Waals surface area contributed by atoms with Crippen molar-refractivity contribution < 1.29 is 13.6 Å². The molecule has 2 rings (SSSR count). The van der Waals surface area contributed by atoms with E-state index >= 15 is 0 Å². The molecule has 0 saturated carbocycles. The molecule has 0 aliphatic carbocycles. The summed E-state index contributed by atoms with van der Waals surface area (Å²) < 4.78 is 24.1. The second-order valence-electron chi connectivity index (χ2n) is 5.74. The van der Waals surface area contributed by atoms with E-state index in [0.717, 1.165) is 43.3 Å². The van der Waals surface area contributed by atoms with Gasteiger partial charge in [-0.2, -0.15) is 0 Å². The number of hydrogen-bond acceptors (Lipinski definition) is 4. The highest BCUT2D eigenvalue weighted by Gasteiger charge is 2.22. The van der Waals surface area contributed by atoms with Crippen LogP contribution in [0.4, 0.5) is 14.6 Å². The van der Waals surface area contributed by atoms with Crippen molar-refractivity contribution in [3.05, 3.63) is 17.6 Å². The zero-order chi connectivity index (χ0) is 16.1. The highest BCUT2D eigenvalue weighted by molar-refractivity contribution is 5.76. The minimum Gasteiger partial charge on any atom is -0.356 e. The first kappa shape index (κ1) is 16.6. The van der Waals surface area contributed by atoms with E-state index < -0.39 is 13.0 Å². The first-order chi connectivity index (χ1) is 10.4. The Bertz CT molecular complexity index is 496. The number of aryl methyl sites for hydroxylation is 2. The van der Waals surface area contributed by atoms with Crippen molar-refractivity contribution >= 4 is 11.7 Å². The Labute approximate surface area is 129 Å². The molecule has 0 unspecified atom stereocenters. The molecule has 1 aromatic heterocycles. The van der Waals surface area contributed by atoms with E-state index in [2.05, 4.69) is 20.2 Å². The van der Waals surface area contributed by atoms with Gasteiger partial charge in [0, 0.05) is 31.3 Å². The molecule has 0 spiro atoms. The lowest BCUT2D eigenvalue weighted by Gasteiger charge is -2.32. The number of carbonyl (C=O) groups is 1. The van der Waals surface area contributed by atoms with Gasteiger partial charge in [-0.3, -0.25) is 4.79 Å². The topological polar surface area (TPSA) is 58.1 Å². The molecule has 0 radical (unpaired) electrons. The van der Waals surface area contributed by atoms with Gasteiger partial charge in [-0.25, -0.2) is 18.7 Å². The number of halogens is 2. The molecule has 1 aliphatic heterocycles. The number of anilines is 1. The molecule has 1 fully saturated rings. The van der Waals surface area contributed by atoms with Crippen molar-refractivity contribution in [1.82, 2.24) is 15.3 Å². The number of carbonyl (C=O) groups excluding carboxylic acids is 1. The predicted octanol–water partition coefficient (Wildman–Crippen LogP) is 2.08. The normalized spacial score (nSPS) is 16.1. The third kappa shape index (κ3) is 4.89. The van der Waals surface area contributed by atoms with Gasteiger partial charge in [0.25, 0.3) is 6.43 Å². The Morgan fingerprint density at radius 1 is 1.36 bits per heavy atom. The smallest absolute Gasteiger partial charge is 0.255 e. The number of nitrogens with zero attached hydrogens (tertiary/aromatic N) is 3. The number of alkyl halides is 2. The number of rotatable bonds is 5. The van der Waals surface area contributed by atoms with Crippen LogP contribution >= 0.6 is 0 Å². The van der Waals surface area contributed by atoms with Crippen molar-refractivity contribution in [1.29, 1.82) is 0 Å². The van der Waals surface area contributed by atoms with Crippen LogP contribution in [0.3, 0.4) is 0 Å². The number of amides is 1. The summed E-state index contributed by atoms with van der Waals surface area (Å²) in [5, 5.41) is 2.26. The zero-order valence-electron chi connectivity index (χ0n) is 13.0. The molecule has 2 heterocycles. The maximum Gasteiger partial charge on any atom is 0.255 e. The number of hydrogen-bond donors (Lipinski definition) is 1. The second-order valence-corrected chi connectivity index (χ2v) is 5.74. The number of nitrogens with one attached hydrogen (secondary N) is 1. The van der Waals surface area contributed by atoms with E-state index in [-0.39, 0.29) is 11.8 Å². The van der Waals surface area contributed by atoms with Crippen LogP contribution in [0, 0.1) is 19.8 Å². The summed E-state index contributed by atoms with van der Waals surface area (Å²) >= 11 is 0. The van der Waals surface area contributed by atoms with Crippen molar-refractivity contribution in [3.63, 3.8) is 0 Å². The van der Waals surface area contributed by atoms with Crippen LogP contribution in [0.5, 0.6) is 0 Å². The molecule has 1 saturated heterocycles. The van der Waals surface area contributed by atoms with Crippen molar-refractivity contribution in [3.8, 4) is 0 Å². The monoisotopic (exact) mass is 312 g/mol. The highest BCUT2D eigenvalue weighted by Crippen LogP contribution is 2.24. The summed E-state index contributed by atoms with van der Waals surface area (Å²) in [5.41, 5.74) is 0.941. The van der Waals surface area contributed by atoms with Gasteiger partial charge in [-0.05, 0) is 32.6 Å². The van der Waals surface area contributed by atoms with Crippen LogP contribution in [0.1, 0.15) is 30.8 Å². The molecule has 1 N–H and O–H groups in total. The van der Waals surface area contributed by atoms with Gasteiger partial charge in [0.2, 0.25) is 5.91 Å². The lowest BCUT2D eigenvalue weighted by molar-refractivity contribution is -0.122. The zero-order valence-corrected chi connectivity index (χ0v) is 13.0. The number of aromatic nitrogens is 2. The molecule has 22 heavy (non-hydrogen) atoms. The summed E-state index contributed by atoms with van der Waals surface area (Å²) in [6, 6.07) is 1.96. The van der Waals surface area contributed by atoms with E-state index in [4.69, 9.17) is 0 Å². The molecular weight excluding hydrogens is 290 g/mol. The summed E-state index contributed by atoms with van der Waals surface area (Å²) in [4.78, 5) is 22.5. The van der Waals surface area contributed by atoms with Gasteiger partial charge in [-0.15, -0.1) is 0 Å². The molecule has 1 aromatic rings. The molecule has 0 aromatic carbocycles. The lowest BCUT2D eigenvalue weighted by atomic mass is 9.93. The molecule has 1 aliphatic rings. The summed E-state index contributed by atoms with van der Waals surface area (Å²) in [6.07, 6.45) is -0.438. The standard InChI is InChI=1S/C15H22F2N4O/c1-10-7-14(20-11(2)19-10)21-5-3-12(4-6-21)8-15(22)18-9-13(16)17/h7,12-13H,3-6,8-9H2,1-2H3,(H,18,22). The lowest BCUT2D eigenvalue weighted by Crippen LogP contribution is -2.37. The third-order valence-electron chi connectivity index (χ3n) is 3.82. The van der Waals surface area contributed by atoms with Crippen LogP contribution in [0.2, 0.25) is 0 Å². The minimum atomic E-state index is -2.49. The van der Waals surface area contributed by atoms with Gasteiger partial charge in [-0.1, -0.05) is 0 Å². The average Bonchev–Trinajstić information content (AvgIpc) is 2.45. The Morgan fingerprint density at radius 3 is 2.64 bits per heavy atom. The summed E-state index contributed by atoms with van der Waals surface area (Å²) in [5.74, 6) is 1.64. The van der Waals surface area contributed by atoms with Crippen LogP contribution in [0.25, 0.3) is 0 Å². The molecule has 122 valence electrons. The Balaban J connectivity index is 1.81. The van der Waals surface area contributed by atoms with E-state index in [1.54, 1.807) is 0 Å². The first-order valence-electron chi connectivity index (χ1n) is 7.56. The summed E-state index contributed by atoms with van der Waals surface area (Å²) in [6.45, 7) is 4.90. The Kier molecular flexibility index (Phi) is 5.63. The van der Waals surface area contributed by atoms with E-state index in [0.29, 0.717) is 6.42 Å². The molecular formula is C15H22F2N4O. The fourth-order valence-corrected chi connectivity index (χ4v) is 2.75. The van der Waals surface area contributed by atoms with E-state index in [9.17, 15) is 13.6 Å². The Morgan fingerprint density at radius 2 is 2.05 bits per heavy atom. The first-order valence-corrected chi connectivity index (χ1v) is 7.56. The molecule has 7 heteroatoms. The summed E-state index contributed by atoms with van der Waals surface area (Å²) in [7, 11) is 0. The van der Waals surface area contributed by atoms with E-state index in [1.807, 2.05) is 19.9 Å². The fourth-order valence-electron chi connectivity index (χ4n) is 2.75. The number of piperidine rings is 1. The average molecular weight is 312 g/mol. The highest BCUT2D eigenvalue weighted by atomic mass is 19.3.